The molecule has 9 nitrogen and oxygen atoms in total. The van der Waals surface area contributed by atoms with Gasteiger partial charge in [0.2, 0.25) is 5.95 Å². The Balaban J connectivity index is 2.13. The van der Waals surface area contributed by atoms with Gasteiger partial charge in [0.15, 0.2) is 23.2 Å². The number of aliphatic hydroxyl groups is 1. The Hall–Kier alpha value is -1.75. The van der Waals surface area contributed by atoms with Crippen LogP contribution in [0.3, 0.4) is 0 Å². The first-order valence-electron chi connectivity index (χ1n) is 6.37. The molecule has 0 amide bonds. The van der Waals surface area contributed by atoms with E-state index in [0.717, 1.165) is 0 Å². The van der Waals surface area contributed by atoms with Gasteiger partial charge in [-0.3, -0.25) is 4.57 Å². The third kappa shape index (κ3) is 2.07. The molecule has 2 aromatic rings. The summed E-state index contributed by atoms with van der Waals surface area (Å²) < 4.78 is 21.0. The SMILES string of the molecule is CNc1nc(N)nc2c1ncn2[C@@H]1O[C@H](C[O])[C@@H](O)[C@@]1(F)Cl. The van der Waals surface area contributed by atoms with Gasteiger partial charge < -0.3 is 20.9 Å². The maximum Gasteiger partial charge on any atom is 0.256 e. The molecule has 1 saturated heterocycles. The number of anilines is 2. The zero-order valence-electron chi connectivity index (χ0n) is 11.4. The molecule has 0 spiro atoms. The third-order valence-electron chi connectivity index (χ3n) is 3.47. The first-order chi connectivity index (χ1) is 10.4. The number of hydrogen-bond acceptors (Lipinski definition) is 7. The highest BCUT2D eigenvalue weighted by molar-refractivity contribution is 6.23. The van der Waals surface area contributed by atoms with Crippen LogP contribution in [0.5, 0.6) is 0 Å². The average molecular weight is 332 g/mol. The fourth-order valence-corrected chi connectivity index (χ4v) is 2.68. The zero-order valence-corrected chi connectivity index (χ0v) is 12.2. The predicted octanol–water partition coefficient (Wildman–Crippen LogP) is 0.0436. The molecule has 22 heavy (non-hydrogen) atoms. The van der Waals surface area contributed by atoms with Crippen LogP contribution in [0.15, 0.2) is 6.33 Å². The lowest BCUT2D eigenvalue weighted by molar-refractivity contribution is -0.0607. The molecule has 4 N–H and O–H groups in total. The normalized spacial score (nSPS) is 31.8. The number of rotatable bonds is 3. The molecule has 3 rings (SSSR count). The van der Waals surface area contributed by atoms with Crippen LogP contribution >= 0.6 is 11.6 Å². The number of ether oxygens (including phenoxy) is 1. The average Bonchev–Trinajstić information content (AvgIpc) is 2.98. The Morgan fingerprint density at radius 2 is 2.36 bits per heavy atom. The van der Waals surface area contributed by atoms with Crippen molar-refractivity contribution < 1.29 is 19.3 Å². The maximum absolute atomic E-state index is 14.6. The quantitative estimate of drug-likeness (QED) is 0.677. The van der Waals surface area contributed by atoms with E-state index in [1.807, 2.05) is 0 Å². The van der Waals surface area contributed by atoms with E-state index in [4.69, 9.17) is 22.1 Å². The molecule has 1 aliphatic heterocycles. The number of hydrogen-bond donors (Lipinski definition) is 3. The number of alkyl halides is 2. The minimum Gasteiger partial charge on any atom is -0.385 e. The number of aromatic nitrogens is 4. The van der Waals surface area contributed by atoms with Crippen LogP contribution in [0.2, 0.25) is 0 Å². The summed E-state index contributed by atoms with van der Waals surface area (Å²) in [6.07, 6.45) is -3.27. The van der Waals surface area contributed by atoms with Gasteiger partial charge in [0, 0.05) is 7.05 Å². The number of nitrogens with one attached hydrogen (secondary N) is 1. The molecule has 0 unspecified atom stereocenters. The highest BCUT2D eigenvalue weighted by atomic mass is 35.5. The molecule has 119 valence electrons. The van der Waals surface area contributed by atoms with Gasteiger partial charge >= 0.3 is 0 Å². The lowest BCUT2D eigenvalue weighted by Crippen LogP contribution is -2.38. The van der Waals surface area contributed by atoms with Crippen molar-refractivity contribution in [2.75, 3.05) is 24.7 Å². The molecule has 0 saturated carbocycles. The van der Waals surface area contributed by atoms with Crippen LogP contribution in [0.1, 0.15) is 6.23 Å². The van der Waals surface area contributed by atoms with Crippen molar-refractivity contribution in [1.82, 2.24) is 19.5 Å². The first-order valence-corrected chi connectivity index (χ1v) is 6.75. The highest BCUT2D eigenvalue weighted by Crippen LogP contribution is 2.45. The van der Waals surface area contributed by atoms with Gasteiger partial charge in [-0.05, 0) is 0 Å². The van der Waals surface area contributed by atoms with E-state index in [1.54, 1.807) is 7.05 Å². The zero-order chi connectivity index (χ0) is 16.1. The van der Waals surface area contributed by atoms with Gasteiger partial charge in [-0.25, -0.2) is 14.5 Å². The molecule has 4 atom stereocenters. The largest absolute Gasteiger partial charge is 0.385 e. The van der Waals surface area contributed by atoms with Crippen molar-refractivity contribution in [1.29, 1.82) is 0 Å². The van der Waals surface area contributed by atoms with E-state index < -0.39 is 30.2 Å². The Bertz CT molecular complexity index is 710. The Kier molecular flexibility index (Phi) is 3.56. The molecule has 1 fully saturated rings. The summed E-state index contributed by atoms with van der Waals surface area (Å²) in [5.74, 6) is 0.288. The van der Waals surface area contributed by atoms with Gasteiger partial charge in [0.05, 0.1) is 6.33 Å². The van der Waals surface area contributed by atoms with Crippen molar-refractivity contribution in [2.45, 2.75) is 23.6 Å². The van der Waals surface area contributed by atoms with Crippen molar-refractivity contribution in [3.8, 4) is 0 Å². The lowest BCUT2D eigenvalue weighted by atomic mass is 10.1. The number of halogens is 2. The third-order valence-corrected chi connectivity index (χ3v) is 3.88. The fraction of sp³-hybridized carbons (Fsp3) is 0.545. The molecule has 11 heteroatoms. The number of aliphatic hydroxyl groups excluding tert-OH is 1. The summed E-state index contributed by atoms with van der Waals surface area (Å²) in [5, 5.41) is 20.8. The molecule has 3 heterocycles. The van der Waals surface area contributed by atoms with E-state index in [-0.39, 0.29) is 11.6 Å². The number of nitrogens with two attached hydrogens (primary N) is 1. The lowest BCUT2D eigenvalue weighted by Gasteiger charge is -2.22. The van der Waals surface area contributed by atoms with Gasteiger partial charge in [-0.1, -0.05) is 11.6 Å². The van der Waals surface area contributed by atoms with Crippen LogP contribution in [-0.2, 0) is 9.84 Å². The van der Waals surface area contributed by atoms with E-state index in [1.165, 1.54) is 10.9 Å². The van der Waals surface area contributed by atoms with Crippen LogP contribution in [-0.4, -0.2) is 55.6 Å². The van der Waals surface area contributed by atoms with E-state index in [0.29, 0.717) is 11.3 Å². The van der Waals surface area contributed by atoms with Crippen LogP contribution in [0.4, 0.5) is 16.2 Å². The summed E-state index contributed by atoms with van der Waals surface area (Å²) in [4.78, 5) is 12.0. The number of imidazole rings is 1. The second-order valence-corrected chi connectivity index (χ2v) is 5.40. The molecule has 0 aromatic carbocycles. The van der Waals surface area contributed by atoms with Crippen molar-refractivity contribution >= 4 is 34.5 Å². The number of nitrogen functional groups attached to an aromatic ring is 1. The maximum atomic E-state index is 14.6. The van der Waals surface area contributed by atoms with Gasteiger partial charge in [0.1, 0.15) is 18.8 Å². The Morgan fingerprint density at radius 3 is 2.95 bits per heavy atom. The predicted molar refractivity (Wildman–Crippen MR) is 74.4 cm³/mol. The summed E-state index contributed by atoms with van der Waals surface area (Å²) >= 11 is 5.74. The topological polar surface area (TPSA) is 131 Å². The molecular formula is C11H13ClFN6O3. The molecule has 1 radical (unpaired) electrons. The van der Waals surface area contributed by atoms with Crippen molar-refractivity contribution in [3.05, 3.63) is 6.33 Å². The second kappa shape index (κ2) is 5.16. The van der Waals surface area contributed by atoms with Crippen molar-refractivity contribution in [2.24, 2.45) is 0 Å². The summed E-state index contributed by atoms with van der Waals surface area (Å²) in [6.45, 7) is -0.832. The minimum absolute atomic E-state index is 0.0587. The molecule has 1 aliphatic rings. The number of nitrogens with zero attached hydrogens (tertiary/aromatic N) is 4. The summed E-state index contributed by atoms with van der Waals surface area (Å²) in [7, 11) is 1.62. The summed E-state index contributed by atoms with van der Waals surface area (Å²) in [5.41, 5.74) is 6.10. The Morgan fingerprint density at radius 1 is 1.64 bits per heavy atom. The minimum atomic E-state index is -2.69. The number of fused-ring (bicyclic) bond motifs is 1. The smallest absolute Gasteiger partial charge is 0.256 e. The monoisotopic (exact) mass is 331 g/mol. The van der Waals surface area contributed by atoms with Gasteiger partial charge in [-0.15, -0.1) is 0 Å². The van der Waals surface area contributed by atoms with E-state index in [2.05, 4.69) is 20.3 Å². The van der Waals surface area contributed by atoms with E-state index in [9.17, 15) is 14.6 Å². The van der Waals surface area contributed by atoms with Crippen LogP contribution < -0.4 is 11.1 Å². The standard InChI is InChI=1S/C11H13ClFN6O3/c1-15-7-5-8(18-10(14)17-7)19(3-16-5)9-11(12,13)6(21)4(2-20)22-9/h3-4,6,9,21H,2H2,1H3,(H3,14,15,17,18)/t4-,6-,9-,11+/m1/s1. The molecule has 2 aromatic heterocycles. The molecule has 0 bridgehead atoms. The van der Waals surface area contributed by atoms with Crippen LogP contribution in [0.25, 0.3) is 11.2 Å². The van der Waals surface area contributed by atoms with Gasteiger partial charge in [-0.2, -0.15) is 9.97 Å². The molecular weight excluding hydrogens is 319 g/mol. The highest BCUT2D eigenvalue weighted by Gasteiger charge is 2.57. The fourth-order valence-electron chi connectivity index (χ4n) is 2.39. The van der Waals surface area contributed by atoms with Crippen LogP contribution in [0, 0.1) is 0 Å². The van der Waals surface area contributed by atoms with E-state index >= 15 is 0 Å². The molecule has 0 aliphatic carbocycles. The van der Waals surface area contributed by atoms with Crippen molar-refractivity contribution in [3.63, 3.8) is 0 Å². The van der Waals surface area contributed by atoms with Gasteiger partial charge in [0.25, 0.3) is 5.13 Å². The summed E-state index contributed by atoms with van der Waals surface area (Å²) in [6, 6.07) is 0. The Labute approximate surface area is 128 Å². The second-order valence-electron chi connectivity index (χ2n) is 4.82. The first kappa shape index (κ1) is 15.2.